The molecular formula is C23H18ClF4N5O4. The number of methoxy groups -OCH3 is 1. The first-order valence-electron chi connectivity index (χ1n) is 10.2. The van der Waals surface area contributed by atoms with Crippen molar-refractivity contribution in [1.29, 1.82) is 0 Å². The normalized spacial score (nSPS) is 10.8. The second-order valence-electron chi connectivity index (χ2n) is 7.28. The van der Waals surface area contributed by atoms with Crippen molar-refractivity contribution in [1.82, 2.24) is 9.97 Å². The number of H-pyrrole nitrogens is 1. The average Bonchev–Trinajstić information content (AvgIpc) is 3.22. The number of anilines is 3. The Bertz CT molecular complexity index is 1430. The number of aromatic amines is 1. The third kappa shape index (κ3) is 6.79. The van der Waals surface area contributed by atoms with E-state index in [9.17, 15) is 27.2 Å². The van der Waals surface area contributed by atoms with E-state index in [1.54, 1.807) is 30.3 Å². The zero-order chi connectivity index (χ0) is 25.9. The number of nitrogens with one attached hydrogen (secondary N) is 4. The minimum Gasteiger partial charge on any atom is -0.457 e. The van der Waals surface area contributed by atoms with Gasteiger partial charge in [0.05, 0.1) is 29.4 Å². The second-order valence-corrected chi connectivity index (χ2v) is 7.28. The number of rotatable bonds is 5. The van der Waals surface area contributed by atoms with Crippen LogP contribution in [0.5, 0.6) is 11.5 Å². The molecule has 0 fully saturated rings. The highest BCUT2D eigenvalue weighted by Gasteiger charge is 2.31. The molecule has 0 aliphatic rings. The molecule has 0 atom stereocenters. The summed E-state index contributed by atoms with van der Waals surface area (Å²) in [6, 6.07) is 11.9. The number of carbonyl (C=O) groups excluding carboxylic acids is 2. The predicted molar refractivity (Wildman–Crippen MR) is 130 cm³/mol. The number of amides is 3. The third-order valence-corrected chi connectivity index (χ3v) is 4.75. The van der Waals surface area contributed by atoms with Crippen LogP contribution in [0.1, 0.15) is 5.56 Å². The number of nitrogens with zero attached hydrogens (tertiary/aromatic N) is 1. The van der Waals surface area contributed by atoms with Gasteiger partial charge in [0, 0.05) is 11.8 Å². The Morgan fingerprint density at radius 3 is 2.30 bits per heavy atom. The van der Waals surface area contributed by atoms with E-state index < -0.39 is 35.4 Å². The topological polar surface area (TPSA) is 117 Å². The van der Waals surface area contributed by atoms with Gasteiger partial charge in [-0.05, 0) is 54.6 Å². The van der Waals surface area contributed by atoms with E-state index in [-0.39, 0.29) is 24.0 Å². The first-order chi connectivity index (χ1) is 17.1. The lowest BCUT2D eigenvalue weighted by atomic mass is 10.2. The lowest BCUT2D eigenvalue weighted by Gasteiger charge is -2.12. The van der Waals surface area contributed by atoms with Gasteiger partial charge in [-0.25, -0.2) is 19.0 Å². The predicted octanol–water partition coefficient (Wildman–Crippen LogP) is 6.76. The second kappa shape index (κ2) is 11.0. The third-order valence-electron chi connectivity index (χ3n) is 4.75. The van der Waals surface area contributed by atoms with E-state index in [2.05, 4.69) is 30.7 Å². The Labute approximate surface area is 212 Å². The van der Waals surface area contributed by atoms with Gasteiger partial charge < -0.3 is 25.1 Å². The fourth-order valence-corrected chi connectivity index (χ4v) is 3.08. The maximum atomic E-state index is 13.8. The maximum Gasteiger partial charge on any atom is 0.416 e. The van der Waals surface area contributed by atoms with Crippen molar-refractivity contribution >= 4 is 52.9 Å². The summed E-state index contributed by atoms with van der Waals surface area (Å²) < 4.78 is 62.6. The van der Waals surface area contributed by atoms with E-state index in [1.807, 2.05) is 0 Å². The quantitative estimate of drug-likeness (QED) is 0.209. The highest BCUT2D eigenvalue weighted by Crippen LogP contribution is 2.32. The van der Waals surface area contributed by atoms with Crippen LogP contribution in [0.25, 0.3) is 11.0 Å². The summed E-state index contributed by atoms with van der Waals surface area (Å²) in [5, 5.41) is 6.88. The number of hydrogen-bond acceptors (Lipinski definition) is 5. The number of fused-ring (bicyclic) bond motifs is 1. The van der Waals surface area contributed by atoms with Crippen LogP contribution in [0.3, 0.4) is 0 Å². The Hall–Kier alpha value is -4.52. The minimum absolute atomic E-state index is 0. The zero-order valence-electron chi connectivity index (χ0n) is 18.8. The Balaban J connectivity index is 0.00000380. The molecule has 3 aromatic carbocycles. The van der Waals surface area contributed by atoms with E-state index in [1.165, 1.54) is 19.2 Å². The van der Waals surface area contributed by atoms with E-state index in [0.29, 0.717) is 40.7 Å². The van der Waals surface area contributed by atoms with Gasteiger partial charge in [0.25, 0.3) is 0 Å². The van der Waals surface area contributed by atoms with Crippen LogP contribution in [0, 0.1) is 5.82 Å². The van der Waals surface area contributed by atoms with Crippen molar-refractivity contribution in [2.24, 2.45) is 0 Å². The van der Waals surface area contributed by atoms with Crippen LogP contribution in [0.4, 0.5) is 44.5 Å². The lowest BCUT2D eigenvalue weighted by molar-refractivity contribution is -0.137. The standard InChI is InChI=1S/C23H17F4N5O4.ClH/c1-35-22(34)32-20-29-17-9-7-15(11-19(17)30-20)36-14-5-3-13(4-6-14)28-21(33)31-18-10-12(23(25,26)27)2-8-16(18)24;/h2-11H,1H3,(H2,28,31,33)(H2,29,30,32,34);1H. The first kappa shape index (κ1) is 27.1. The molecule has 0 saturated carbocycles. The smallest absolute Gasteiger partial charge is 0.416 e. The number of ether oxygens (including phenoxy) is 2. The first-order valence-corrected chi connectivity index (χ1v) is 10.2. The molecule has 0 aliphatic heterocycles. The zero-order valence-corrected chi connectivity index (χ0v) is 19.6. The molecule has 0 unspecified atom stereocenters. The van der Waals surface area contributed by atoms with Crippen molar-refractivity contribution in [2.45, 2.75) is 6.18 Å². The van der Waals surface area contributed by atoms with Crippen LogP contribution in [-0.2, 0) is 10.9 Å². The molecule has 0 saturated heterocycles. The maximum absolute atomic E-state index is 13.8. The fourth-order valence-electron chi connectivity index (χ4n) is 3.08. The van der Waals surface area contributed by atoms with Crippen molar-refractivity contribution in [3.05, 3.63) is 72.0 Å². The monoisotopic (exact) mass is 539 g/mol. The molecule has 14 heteroatoms. The largest absolute Gasteiger partial charge is 0.457 e. The van der Waals surface area contributed by atoms with Crippen molar-refractivity contribution in [3.63, 3.8) is 0 Å². The average molecular weight is 540 g/mol. The summed E-state index contributed by atoms with van der Waals surface area (Å²) in [5.41, 5.74) is -0.242. The molecule has 3 amide bonds. The van der Waals surface area contributed by atoms with Gasteiger partial charge in [0.2, 0.25) is 5.95 Å². The molecule has 0 aliphatic carbocycles. The molecule has 0 spiro atoms. The van der Waals surface area contributed by atoms with Gasteiger partial charge in [-0.15, -0.1) is 12.4 Å². The number of carbonyl (C=O) groups is 2. The number of aromatic nitrogens is 2. The molecule has 4 aromatic rings. The highest BCUT2D eigenvalue weighted by molar-refractivity contribution is 5.99. The SMILES string of the molecule is COC(=O)Nc1nc2ccc(Oc3ccc(NC(=O)Nc4cc(C(F)(F)F)ccc4F)cc3)cc2[nH]1.Cl. The van der Waals surface area contributed by atoms with Crippen molar-refractivity contribution in [3.8, 4) is 11.5 Å². The molecule has 194 valence electrons. The van der Waals surface area contributed by atoms with Crippen LogP contribution in [-0.4, -0.2) is 29.2 Å². The van der Waals surface area contributed by atoms with Gasteiger partial charge in [0.1, 0.15) is 17.3 Å². The number of urea groups is 1. The van der Waals surface area contributed by atoms with Crippen LogP contribution < -0.4 is 20.7 Å². The van der Waals surface area contributed by atoms with E-state index >= 15 is 0 Å². The molecule has 9 nitrogen and oxygen atoms in total. The van der Waals surface area contributed by atoms with Crippen LogP contribution in [0.15, 0.2) is 60.7 Å². The van der Waals surface area contributed by atoms with Crippen molar-refractivity contribution < 1.29 is 36.6 Å². The summed E-state index contributed by atoms with van der Waals surface area (Å²) in [7, 11) is 1.23. The van der Waals surface area contributed by atoms with Gasteiger partial charge in [-0.3, -0.25) is 5.32 Å². The number of hydrogen-bond donors (Lipinski definition) is 4. The van der Waals surface area contributed by atoms with Crippen molar-refractivity contribution in [2.75, 3.05) is 23.1 Å². The van der Waals surface area contributed by atoms with Gasteiger partial charge in [-0.1, -0.05) is 0 Å². The van der Waals surface area contributed by atoms with Crippen LogP contribution >= 0.6 is 12.4 Å². The molecule has 0 bridgehead atoms. The number of halogens is 5. The Morgan fingerprint density at radius 2 is 1.62 bits per heavy atom. The summed E-state index contributed by atoms with van der Waals surface area (Å²) in [4.78, 5) is 30.5. The van der Waals surface area contributed by atoms with E-state index in [0.717, 1.165) is 0 Å². The lowest BCUT2D eigenvalue weighted by Crippen LogP contribution is -2.20. The van der Waals surface area contributed by atoms with Gasteiger partial charge >= 0.3 is 18.3 Å². The molecule has 4 rings (SSSR count). The minimum atomic E-state index is -4.68. The van der Waals surface area contributed by atoms with Gasteiger partial charge in [-0.2, -0.15) is 13.2 Å². The number of benzene rings is 3. The summed E-state index contributed by atoms with van der Waals surface area (Å²) in [5.74, 6) is 0.0583. The van der Waals surface area contributed by atoms with Crippen LogP contribution in [0.2, 0.25) is 0 Å². The molecule has 37 heavy (non-hydrogen) atoms. The fraction of sp³-hybridized carbons (Fsp3) is 0.0870. The summed E-state index contributed by atoms with van der Waals surface area (Å²) in [6.45, 7) is 0. The summed E-state index contributed by atoms with van der Waals surface area (Å²) >= 11 is 0. The Morgan fingerprint density at radius 1 is 0.919 bits per heavy atom. The molecule has 1 heterocycles. The summed E-state index contributed by atoms with van der Waals surface area (Å²) in [6.07, 6.45) is -5.35. The molecule has 1 aromatic heterocycles. The number of alkyl halides is 3. The number of imidazole rings is 1. The molecular weight excluding hydrogens is 522 g/mol. The molecule has 4 N–H and O–H groups in total. The molecule has 0 radical (unpaired) electrons. The highest BCUT2D eigenvalue weighted by atomic mass is 35.5. The van der Waals surface area contributed by atoms with E-state index in [4.69, 9.17) is 4.74 Å². The van der Waals surface area contributed by atoms with Gasteiger partial charge in [0.15, 0.2) is 0 Å². The Kier molecular flexibility index (Phi) is 8.07.